The van der Waals surface area contributed by atoms with E-state index >= 15 is 0 Å². The molecule has 0 amide bonds. The van der Waals surface area contributed by atoms with Crippen molar-refractivity contribution in [2.24, 2.45) is 0 Å². The van der Waals surface area contributed by atoms with Gasteiger partial charge < -0.3 is 14.5 Å². The van der Waals surface area contributed by atoms with E-state index in [2.05, 4.69) is 19.2 Å². The van der Waals surface area contributed by atoms with Gasteiger partial charge in [-0.1, -0.05) is 13.8 Å². The van der Waals surface area contributed by atoms with Gasteiger partial charge in [0, 0.05) is 12.1 Å². The Kier molecular flexibility index (Phi) is 4.96. The molecule has 5 heteroatoms. The smallest absolute Gasteiger partial charge is 0.162 e. The maximum atomic E-state index is 13.1. The van der Waals surface area contributed by atoms with Crippen LogP contribution in [0.5, 0.6) is 5.75 Å². The van der Waals surface area contributed by atoms with E-state index in [1.165, 1.54) is 6.07 Å². The zero-order valence-electron chi connectivity index (χ0n) is 12.4. The van der Waals surface area contributed by atoms with Gasteiger partial charge >= 0.3 is 0 Å². The Bertz CT molecular complexity index is 608. The van der Waals surface area contributed by atoms with E-state index in [1.807, 2.05) is 13.0 Å². The topological polar surface area (TPSA) is 34.4 Å². The number of ether oxygens (including phenoxy) is 1. The minimum Gasteiger partial charge on any atom is -0.486 e. The number of nitrogens with one attached hydrogen (secondary N) is 1. The van der Waals surface area contributed by atoms with Crippen molar-refractivity contribution in [3.05, 3.63) is 53.0 Å². The standard InChI is InChI=1S/C16H19F2NO2/c1-10(2)19-8-16-11(3)6-13(21-16)9-20-12-4-5-14(17)15(18)7-12/h4-7,10,19H,8-9H2,1-3H3. The lowest BCUT2D eigenvalue weighted by Crippen LogP contribution is -2.21. The second-order valence-electron chi connectivity index (χ2n) is 5.22. The van der Waals surface area contributed by atoms with Crippen LogP contribution in [0.4, 0.5) is 8.78 Å². The molecule has 114 valence electrons. The van der Waals surface area contributed by atoms with E-state index in [-0.39, 0.29) is 12.4 Å². The summed E-state index contributed by atoms with van der Waals surface area (Å²) in [4.78, 5) is 0. The van der Waals surface area contributed by atoms with Crippen LogP contribution < -0.4 is 10.1 Å². The van der Waals surface area contributed by atoms with E-state index < -0.39 is 11.6 Å². The number of aryl methyl sites for hydroxylation is 1. The van der Waals surface area contributed by atoms with E-state index in [4.69, 9.17) is 9.15 Å². The van der Waals surface area contributed by atoms with E-state index in [0.717, 1.165) is 23.5 Å². The molecule has 0 bridgehead atoms. The lowest BCUT2D eigenvalue weighted by Gasteiger charge is -2.06. The first-order chi connectivity index (χ1) is 9.95. The zero-order valence-corrected chi connectivity index (χ0v) is 12.4. The molecular formula is C16H19F2NO2. The first-order valence-electron chi connectivity index (χ1n) is 6.85. The molecule has 2 aromatic rings. The fourth-order valence-corrected chi connectivity index (χ4v) is 1.85. The van der Waals surface area contributed by atoms with Crippen LogP contribution in [0, 0.1) is 18.6 Å². The van der Waals surface area contributed by atoms with Gasteiger partial charge in [0.2, 0.25) is 0 Å². The quantitative estimate of drug-likeness (QED) is 0.876. The molecule has 1 aromatic heterocycles. The van der Waals surface area contributed by atoms with Crippen molar-refractivity contribution >= 4 is 0 Å². The number of hydrogen-bond donors (Lipinski definition) is 1. The first kappa shape index (κ1) is 15.5. The molecule has 1 N–H and O–H groups in total. The van der Waals surface area contributed by atoms with Gasteiger partial charge in [-0.05, 0) is 30.7 Å². The molecule has 0 radical (unpaired) electrons. The van der Waals surface area contributed by atoms with Crippen LogP contribution in [-0.2, 0) is 13.2 Å². The SMILES string of the molecule is Cc1cc(COc2ccc(F)c(F)c2)oc1CNC(C)C. The number of furan rings is 1. The third-order valence-corrected chi connectivity index (χ3v) is 3.01. The Balaban J connectivity index is 1.96. The third kappa shape index (κ3) is 4.29. The van der Waals surface area contributed by atoms with Gasteiger partial charge in [-0.2, -0.15) is 0 Å². The Morgan fingerprint density at radius 2 is 1.95 bits per heavy atom. The Hall–Kier alpha value is -1.88. The first-order valence-corrected chi connectivity index (χ1v) is 6.85. The van der Waals surface area contributed by atoms with E-state index in [9.17, 15) is 8.78 Å². The normalized spacial score (nSPS) is 11.1. The molecule has 3 nitrogen and oxygen atoms in total. The number of hydrogen-bond acceptors (Lipinski definition) is 3. The highest BCUT2D eigenvalue weighted by Gasteiger charge is 2.09. The van der Waals surface area contributed by atoms with Crippen LogP contribution in [0.2, 0.25) is 0 Å². The van der Waals surface area contributed by atoms with Crippen molar-refractivity contribution in [2.75, 3.05) is 0 Å². The van der Waals surface area contributed by atoms with Crippen LogP contribution >= 0.6 is 0 Å². The van der Waals surface area contributed by atoms with Crippen molar-refractivity contribution in [1.29, 1.82) is 0 Å². The maximum absolute atomic E-state index is 13.1. The second-order valence-corrected chi connectivity index (χ2v) is 5.22. The zero-order chi connectivity index (χ0) is 15.4. The van der Waals surface area contributed by atoms with E-state index in [1.54, 1.807) is 0 Å². The average Bonchev–Trinajstić information content (AvgIpc) is 2.78. The summed E-state index contributed by atoms with van der Waals surface area (Å²) in [6.07, 6.45) is 0. The molecule has 0 aliphatic carbocycles. The molecule has 0 fully saturated rings. The molecule has 2 rings (SSSR count). The van der Waals surface area contributed by atoms with E-state index in [0.29, 0.717) is 18.3 Å². The van der Waals surface area contributed by atoms with Crippen molar-refractivity contribution in [2.45, 2.75) is 40.0 Å². The maximum Gasteiger partial charge on any atom is 0.162 e. The monoisotopic (exact) mass is 295 g/mol. The number of halogens is 2. The van der Waals surface area contributed by atoms with Crippen LogP contribution in [0.3, 0.4) is 0 Å². The van der Waals surface area contributed by atoms with Crippen molar-refractivity contribution < 1.29 is 17.9 Å². The van der Waals surface area contributed by atoms with Gasteiger partial charge in [0.25, 0.3) is 0 Å². The van der Waals surface area contributed by atoms with Gasteiger partial charge in [0.15, 0.2) is 11.6 Å². The molecule has 0 aliphatic heterocycles. The summed E-state index contributed by atoms with van der Waals surface area (Å²) < 4.78 is 37.0. The van der Waals surface area contributed by atoms with Crippen LogP contribution in [0.25, 0.3) is 0 Å². The van der Waals surface area contributed by atoms with Crippen LogP contribution in [0.1, 0.15) is 30.9 Å². The van der Waals surface area contributed by atoms with Gasteiger partial charge in [0.05, 0.1) is 6.54 Å². The molecule has 0 saturated heterocycles. The lowest BCUT2D eigenvalue weighted by atomic mass is 10.2. The van der Waals surface area contributed by atoms with Gasteiger partial charge in [-0.15, -0.1) is 0 Å². The predicted molar refractivity (Wildman–Crippen MR) is 76.1 cm³/mol. The summed E-state index contributed by atoms with van der Waals surface area (Å²) >= 11 is 0. The molecule has 1 aromatic carbocycles. The van der Waals surface area contributed by atoms with Crippen molar-refractivity contribution in [1.82, 2.24) is 5.32 Å². The molecule has 0 unspecified atom stereocenters. The van der Waals surface area contributed by atoms with Crippen LogP contribution in [0.15, 0.2) is 28.7 Å². The Morgan fingerprint density at radius 1 is 1.19 bits per heavy atom. The average molecular weight is 295 g/mol. The van der Waals surface area contributed by atoms with Gasteiger partial charge in [0.1, 0.15) is 23.9 Å². The molecule has 0 atom stereocenters. The molecule has 1 heterocycles. The van der Waals surface area contributed by atoms with Gasteiger partial charge in [-0.25, -0.2) is 8.78 Å². The number of rotatable bonds is 6. The van der Waals surface area contributed by atoms with Crippen LogP contribution in [-0.4, -0.2) is 6.04 Å². The highest BCUT2D eigenvalue weighted by molar-refractivity contribution is 5.24. The highest BCUT2D eigenvalue weighted by Crippen LogP contribution is 2.19. The molecular weight excluding hydrogens is 276 g/mol. The highest BCUT2D eigenvalue weighted by atomic mass is 19.2. The fraction of sp³-hybridized carbons (Fsp3) is 0.375. The predicted octanol–water partition coefficient (Wildman–Crippen LogP) is 3.94. The lowest BCUT2D eigenvalue weighted by molar-refractivity contribution is 0.263. The summed E-state index contributed by atoms with van der Waals surface area (Å²) in [5, 5.41) is 3.28. The Labute approximate surface area is 122 Å². The summed E-state index contributed by atoms with van der Waals surface area (Å²) in [7, 11) is 0. The minimum atomic E-state index is -0.926. The molecule has 21 heavy (non-hydrogen) atoms. The summed E-state index contributed by atoms with van der Waals surface area (Å²) in [6.45, 7) is 6.90. The Morgan fingerprint density at radius 3 is 2.62 bits per heavy atom. The summed E-state index contributed by atoms with van der Waals surface area (Å²) in [5.74, 6) is -0.0432. The second kappa shape index (κ2) is 6.72. The summed E-state index contributed by atoms with van der Waals surface area (Å²) in [6, 6.07) is 5.70. The third-order valence-electron chi connectivity index (χ3n) is 3.01. The van der Waals surface area contributed by atoms with Gasteiger partial charge in [-0.3, -0.25) is 0 Å². The van der Waals surface area contributed by atoms with Crippen molar-refractivity contribution in [3.8, 4) is 5.75 Å². The molecule has 0 spiro atoms. The largest absolute Gasteiger partial charge is 0.486 e. The molecule has 0 aliphatic rings. The summed E-state index contributed by atoms with van der Waals surface area (Å²) in [5.41, 5.74) is 1.03. The fourth-order valence-electron chi connectivity index (χ4n) is 1.85. The molecule has 0 saturated carbocycles. The van der Waals surface area contributed by atoms with Crippen molar-refractivity contribution in [3.63, 3.8) is 0 Å². The minimum absolute atomic E-state index is 0.174. The number of benzene rings is 1.